The number of phenols is 1. The molecular formula is C20H28O6. The van der Waals surface area contributed by atoms with E-state index in [4.69, 9.17) is 9.47 Å². The van der Waals surface area contributed by atoms with E-state index in [1.165, 1.54) is 13.2 Å². The predicted octanol–water partition coefficient (Wildman–Crippen LogP) is 3.18. The molecule has 0 bridgehead atoms. The first kappa shape index (κ1) is 21.7. The minimum Gasteiger partial charge on any atom is -0.507 e. The molecule has 0 saturated heterocycles. The molecule has 6 heteroatoms. The van der Waals surface area contributed by atoms with E-state index in [9.17, 15) is 19.8 Å². The standard InChI is InChI=1S/C20H28O6/c1-4-5-8-14(2)26-20(24)19-15(9-6-7-10-16(22)13-21)11-17(25-3)12-18(19)23/h4-5,11-14,16,22-23H,6-10H2,1-3H3/b5-4-. The van der Waals surface area contributed by atoms with Crippen molar-refractivity contribution in [1.29, 1.82) is 0 Å². The van der Waals surface area contributed by atoms with Gasteiger partial charge in [-0.25, -0.2) is 4.79 Å². The summed E-state index contributed by atoms with van der Waals surface area (Å²) in [5, 5.41) is 19.6. The largest absolute Gasteiger partial charge is 0.507 e. The number of methoxy groups -OCH3 is 1. The highest BCUT2D eigenvalue weighted by Gasteiger charge is 2.21. The van der Waals surface area contributed by atoms with Gasteiger partial charge in [0.05, 0.1) is 7.11 Å². The molecule has 2 atom stereocenters. The van der Waals surface area contributed by atoms with Crippen molar-refractivity contribution in [2.24, 2.45) is 0 Å². The second kappa shape index (κ2) is 11.3. The average Bonchev–Trinajstić information content (AvgIpc) is 2.62. The van der Waals surface area contributed by atoms with Crippen molar-refractivity contribution in [3.8, 4) is 11.5 Å². The van der Waals surface area contributed by atoms with Gasteiger partial charge in [-0.1, -0.05) is 18.6 Å². The van der Waals surface area contributed by atoms with Crippen molar-refractivity contribution in [3.63, 3.8) is 0 Å². The number of esters is 1. The fourth-order valence-corrected chi connectivity index (χ4v) is 2.56. The SMILES string of the molecule is C/C=C\CC(C)OC(=O)c1c(O)cc(OC)cc1CCCCC(O)C=O. The summed E-state index contributed by atoms with van der Waals surface area (Å²) < 4.78 is 10.6. The first-order valence-corrected chi connectivity index (χ1v) is 8.78. The fraction of sp³-hybridized carbons (Fsp3) is 0.500. The Hall–Kier alpha value is -2.34. The summed E-state index contributed by atoms with van der Waals surface area (Å²) in [5.74, 6) is -0.315. The Morgan fingerprint density at radius 2 is 2.04 bits per heavy atom. The minimum atomic E-state index is -0.967. The van der Waals surface area contributed by atoms with E-state index in [0.29, 0.717) is 49.7 Å². The first-order valence-electron chi connectivity index (χ1n) is 8.78. The molecule has 1 aromatic carbocycles. The number of hydrogen-bond donors (Lipinski definition) is 2. The zero-order valence-electron chi connectivity index (χ0n) is 15.6. The number of carbonyl (C=O) groups excluding carboxylic acids is 2. The second-order valence-corrected chi connectivity index (χ2v) is 6.15. The van der Waals surface area contributed by atoms with Crippen molar-refractivity contribution in [2.45, 2.75) is 58.2 Å². The number of unbranched alkanes of at least 4 members (excludes halogenated alkanes) is 1. The maximum atomic E-state index is 12.5. The lowest BCUT2D eigenvalue weighted by Crippen LogP contribution is -2.16. The van der Waals surface area contributed by atoms with Gasteiger partial charge in [0, 0.05) is 12.5 Å². The molecule has 0 aliphatic carbocycles. The number of aryl methyl sites for hydroxylation is 1. The van der Waals surface area contributed by atoms with Crippen molar-refractivity contribution in [2.75, 3.05) is 7.11 Å². The van der Waals surface area contributed by atoms with E-state index < -0.39 is 12.1 Å². The van der Waals surface area contributed by atoms with Gasteiger partial charge in [-0.05, 0) is 44.7 Å². The number of aliphatic hydroxyl groups is 1. The van der Waals surface area contributed by atoms with Gasteiger partial charge in [-0.2, -0.15) is 0 Å². The van der Waals surface area contributed by atoms with Crippen LogP contribution in [0.3, 0.4) is 0 Å². The molecule has 0 aromatic heterocycles. The molecule has 26 heavy (non-hydrogen) atoms. The van der Waals surface area contributed by atoms with Crippen LogP contribution >= 0.6 is 0 Å². The Morgan fingerprint density at radius 3 is 2.65 bits per heavy atom. The molecule has 0 fully saturated rings. The Kier molecular flexibility index (Phi) is 9.44. The monoisotopic (exact) mass is 364 g/mol. The number of aromatic hydroxyl groups is 1. The number of carbonyl (C=O) groups is 2. The summed E-state index contributed by atoms with van der Waals surface area (Å²) in [6.45, 7) is 3.68. The molecular weight excluding hydrogens is 336 g/mol. The molecule has 1 aromatic rings. The molecule has 0 aliphatic rings. The van der Waals surface area contributed by atoms with Gasteiger partial charge in [-0.15, -0.1) is 0 Å². The molecule has 0 aliphatic heterocycles. The van der Waals surface area contributed by atoms with E-state index in [0.717, 1.165) is 0 Å². The minimum absolute atomic E-state index is 0.133. The van der Waals surface area contributed by atoms with Gasteiger partial charge in [0.1, 0.15) is 35.6 Å². The van der Waals surface area contributed by atoms with E-state index in [-0.39, 0.29) is 17.4 Å². The summed E-state index contributed by atoms with van der Waals surface area (Å²) in [5.41, 5.74) is 0.750. The second-order valence-electron chi connectivity index (χ2n) is 6.15. The molecule has 0 spiro atoms. The zero-order valence-corrected chi connectivity index (χ0v) is 15.6. The molecule has 2 unspecified atom stereocenters. The molecule has 0 amide bonds. The van der Waals surface area contributed by atoms with E-state index in [2.05, 4.69) is 0 Å². The smallest absolute Gasteiger partial charge is 0.342 e. The maximum Gasteiger partial charge on any atom is 0.342 e. The van der Waals surface area contributed by atoms with Crippen molar-refractivity contribution < 1.29 is 29.3 Å². The number of aliphatic hydroxyl groups excluding tert-OH is 1. The lowest BCUT2D eigenvalue weighted by Gasteiger charge is -2.16. The van der Waals surface area contributed by atoms with Crippen LogP contribution in [0.2, 0.25) is 0 Å². The van der Waals surface area contributed by atoms with Crippen LogP contribution < -0.4 is 4.74 Å². The lowest BCUT2D eigenvalue weighted by atomic mass is 9.99. The van der Waals surface area contributed by atoms with Gasteiger partial charge < -0.3 is 24.5 Å². The Labute approximate surface area is 154 Å². The molecule has 2 N–H and O–H groups in total. The number of ether oxygens (including phenoxy) is 2. The molecule has 0 saturated carbocycles. The zero-order chi connectivity index (χ0) is 19.5. The van der Waals surface area contributed by atoms with Gasteiger partial charge in [0.25, 0.3) is 0 Å². The quantitative estimate of drug-likeness (QED) is 0.271. The molecule has 6 nitrogen and oxygen atoms in total. The fourth-order valence-electron chi connectivity index (χ4n) is 2.56. The number of benzene rings is 1. The number of aldehydes is 1. The highest BCUT2D eigenvalue weighted by molar-refractivity contribution is 5.94. The number of allylic oxidation sites excluding steroid dienone is 1. The predicted molar refractivity (Wildman–Crippen MR) is 98.6 cm³/mol. The molecule has 144 valence electrons. The van der Waals surface area contributed by atoms with E-state index in [1.807, 2.05) is 19.1 Å². The van der Waals surface area contributed by atoms with Crippen LogP contribution in [0, 0.1) is 0 Å². The van der Waals surface area contributed by atoms with Crippen LogP contribution in [0.5, 0.6) is 11.5 Å². The van der Waals surface area contributed by atoms with Crippen LogP contribution in [0.25, 0.3) is 0 Å². The maximum absolute atomic E-state index is 12.5. The summed E-state index contributed by atoms with van der Waals surface area (Å²) >= 11 is 0. The highest BCUT2D eigenvalue weighted by atomic mass is 16.5. The van der Waals surface area contributed by atoms with Crippen molar-refractivity contribution in [1.82, 2.24) is 0 Å². The first-order chi connectivity index (χ1) is 12.4. The van der Waals surface area contributed by atoms with E-state index in [1.54, 1.807) is 13.0 Å². The van der Waals surface area contributed by atoms with Gasteiger partial charge in [0.2, 0.25) is 0 Å². The third-order valence-electron chi connectivity index (χ3n) is 3.98. The molecule has 1 rings (SSSR count). The van der Waals surface area contributed by atoms with Crippen LogP contribution in [-0.4, -0.2) is 41.8 Å². The normalized spacial score (nSPS) is 13.4. The Balaban J connectivity index is 2.90. The van der Waals surface area contributed by atoms with Gasteiger partial charge >= 0.3 is 5.97 Å². The van der Waals surface area contributed by atoms with Gasteiger partial charge in [-0.3, -0.25) is 0 Å². The summed E-state index contributed by atoms with van der Waals surface area (Å²) in [6, 6.07) is 3.08. The van der Waals surface area contributed by atoms with E-state index >= 15 is 0 Å². The van der Waals surface area contributed by atoms with Crippen molar-refractivity contribution >= 4 is 12.3 Å². The number of rotatable bonds is 11. The molecule has 0 heterocycles. The highest BCUT2D eigenvalue weighted by Crippen LogP contribution is 2.30. The number of hydrogen-bond acceptors (Lipinski definition) is 6. The third kappa shape index (κ3) is 6.88. The van der Waals surface area contributed by atoms with Crippen LogP contribution in [-0.2, 0) is 16.0 Å². The molecule has 0 radical (unpaired) electrons. The topological polar surface area (TPSA) is 93.1 Å². The third-order valence-corrected chi connectivity index (χ3v) is 3.98. The van der Waals surface area contributed by atoms with Crippen LogP contribution in [0.1, 0.15) is 55.5 Å². The Bertz CT molecular complexity index is 623. The summed E-state index contributed by atoms with van der Waals surface area (Å²) in [4.78, 5) is 23.0. The summed E-state index contributed by atoms with van der Waals surface area (Å²) in [6.07, 6.45) is 5.73. The Morgan fingerprint density at radius 1 is 1.31 bits per heavy atom. The van der Waals surface area contributed by atoms with Gasteiger partial charge in [0.15, 0.2) is 0 Å². The lowest BCUT2D eigenvalue weighted by molar-refractivity contribution is -0.115. The average molecular weight is 364 g/mol. The van der Waals surface area contributed by atoms with Crippen molar-refractivity contribution in [3.05, 3.63) is 35.4 Å². The number of phenolic OH excluding ortho intramolecular Hbond substituents is 1. The van der Waals surface area contributed by atoms with Crippen LogP contribution in [0.4, 0.5) is 0 Å². The summed E-state index contributed by atoms with van der Waals surface area (Å²) in [7, 11) is 1.48. The van der Waals surface area contributed by atoms with Crippen LogP contribution in [0.15, 0.2) is 24.3 Å².